The Balaban J connectivity index is 1.95. The molecule has 0 aliphatic carbocycles. The molecular formula is C6H9N3OS. The number of rotatable bonds is 2. The third-order valence-corrected chi connectivity index (χ3v) is 2.55. The summed E-state index contributed by atoms with van der Waals surface area (Å²) in [4.78, 5) is 0. The van der Waals surface area contributed by atoms with Crippen LogP contribution in [0.1, 0.15) is 5.89 Å². The number of thioether (sulfide) groups is 1. The van der Waals surface area contributed by atoms with E-state index in [1.807, 2.05) is 0 Å². The molecular weight excluding hydrogens is 162 g/mol. The van der Waals surface area contributed by atoms with Crippen LogP contribution in [-0.4, -0.2) is 28.5 Å². The summed E-state index contributed by atoms with van der Waals surface area (Å²) in [6.45, 7) is 3.90. The molecule has 2 heterocycles. The second-order valence-corrected chi connectivity index (χ2v) is 3.74. The summed E-state index contributed by atoms with van der Waals surface area (Å²) >= 11 is 1.65. The molecule has 0 unspecified atom stereocenters. The van der Waals surface area contributed by atoms with Gasteiger partial charge < -0.3 is 9.73 Å². The van der Waals surface area contributed by atoms with E-state index in [0.717, 1.165) is 13.1 Å². The van der Waals surface area contributed by atoms with E-state index >= 15 is 0 Å². The summed E-state index contributed by atoms with van der Waals surface area (Å²) in [5.74, 6) is 0.639. The minimum atomic E-state index is 0.620. The maximum absolute atomic E-state index is 5.20. The summed E-state index contributed by atoms with van der Waals surface area (Å²) in [6.07, 6.45) is 0. The van der Waals surface area contributed by atoms with Gasteiger partial charge in [-0.25, -0.2) is 0 Å². The molecule has 5 heteroatoms. The van der Waals surface area contributed by atoms with Crippen molar-refractivity contribution in [1.29, 1.82) is 0 Å². The normalized spacial score (nSPS) is 18.3. The zero-order valence-corrected chi connectivity index (χ0v) is 7.02. The number of hydrogen-bond donors (Lipinski definition) is 1. The second-order valence-electron chi connectivity index (χ2n) is 2.49. The van der Waals surface area contributed by atoms with E-state index in [1.165, 1.54) is 0 Å². The number of hydrogen-bond acceptors (Lipinski definition) is 5. The molecule has 1 aliphatic rings. The van der Waals surface area contributed by atoms with Crippen molar-refractivity contribution in [3.05, 3.63) is 5.89 Å². The van der Waals surface area contributed by atoms with Gasteiger partial charge in [0.15, 0.2) is 0 Å². The highest BCUT2D eigenvalue weighted by Crippen LogP contribution is 2.23. The molecule has 0 bridgehead atoms. The van der Waals surface area contributed by atoms with Crippen LogP contribution in [-0.2, 0) is 0 Å². The van der Waals surface area contributed by atoms with Crippen molar-refractivity contribution < 1.29 is 4.42 Å². The van der Waals surface area contributed by atoms with E-state index in [2.05, 4.69) is 15.5 Å². The fraction of sp³-hybridized carbons (Fsp3) is 0.667. The van der Waals surface area contributed by atoms with Gasteiger partial charge in [0.05, 0.1) is 0 Å². The maximum Gasteiger partial charge on any atom is 0.276 e. The van der Waals surface area contributed by atoms with Gasteiger partial charge in [-0.15, -0.1) is 10.2 Å². The van der Waals surface area contributed by atoms with Crippen LogP contribution in [0.25, 0.3) is 0 Å². The molecule has 0 saturated carbocycles. The number of nitrogens with zero attached hydrogens (tertiary/aromatic N) is 2. The highest BCUT2D eigenvalue weighted by atomic mass is 32.2. The van der Waals surface area contributed by atoms with E-state index in [1.54, 1.807) is 18.7 Å². The van der Waals surface area contributed by atoms with Gasteiger partial charge >= 0.3 is 0 Å². The van der Waals surface area contributed by atoms with E-state index in [-0.39, 0.29) is 0 Å². The van der Waals surface area contributed by atoms with E-state index in [9.17, 15) is 0 Å². The van der Waals surface area contributed by atoms with Crippen molar-refractivity contribution in [1.82, 2.24) is 15.5 Å². The summed E-state index contributed by atoms with van der Waals surface area (Å²) in [7, 11) is 0. The van der Waals surface area contributed by atoms with Gasteiger partial charge in [-0.2, -0.15) is 0 Å². The molecule has 0 amide bonds. The third kappa shape index (κ3) is 1.54. The second kappa shape index (κ2) is 2.83. The summed E-state index contributed by atoms with van der Waals surface area (Å²) < 4.78 is 5.20. The largest absolute Gasteiger partial charge is 0.416 e. The zero-order chi connectivity index (χ0) is 7.68. The molecule has 0 spiro atoms. The fourth-order valence-corrected chi connectivity index (χ4v) is 1.76. The van der Waals surface area contributed by atoms with Gasteiger partial charge in [0, 0.05) is 25.3 Å². The molecule has 4 nitrogen and oxygen atoms in total. The van der Waals surface area contributed by atoms with Crippen LogP contribution in [0, 0.1) is 6.92 Å². The Hall–Kier alpha value is -0.550. The molecule has 11 heavy (non-hydrogen) atoms. The number of aromatic nitrogens is 2. The number of aryl methyl sites for hydroxylation is 1. The van der Waals surface area contributed by atoms with Crippen LogP contribution >= 0.6 is 11.8 Å². The topological polar surface area (TPSA) is 51.0 Å². The molecule has 0 aromatic carbocycles. The van der Waals surface area contributed by atoms with Crippen molar-refractivity contribution in [2.24, 2.45) is 0 Å². The van der Waals surface area contributed by atoms with Crippen LogP contribution in [0.15, 0.2) is 9.64 Å². The summed E-state index contributed by atoms with van der Waals surface area (Å²) in [5.41, 5.74) is 0. The van der Waals surface area contributed by atoms with Gasteiger partial charge in [-0.05, 0) is 0 Å². The first-order valence-corrected chi connectivity index (χ1v) is 4.40. The standard InChI is InChI=1S/C6H9N3OS/c1-4-8-9-6(10-4)11-5-2-7-3-5/h5,7H,2-3H2,1H3. The van der Waals surface area contributed by atoms with E-state index in [0.29, 0.717) is 16.4 Å². The van der Waals surface area contributed by atoms with Gasteiger partial charge in [-0.3, -0.25) is 0 Å². The van der Waals surface area contributed by atoms with Crippen molar-refractivity contribution >= 4 is 11.8 Å². The zero-order valence-electron chi connectivity index (χ0n) is 6.20. The molecule has 2 rings (SSSR count). The fourth-order valence-electron chi connectivity index (χ4n) is 0.814. The van der Waals surface area contributed by atoms with Gasteiger partial charge in [0.1, 0.15) is 0 Å². The highest BCUT2D eigenvalue weighted by Gasteiger charge is 2.20. The molecule has 1 aromatic rings. The molecule has 1 fully saturated rings. The Labute approximate surface area is 68.8 Å². The Bertz CT molecular complexity index is 246. The Morgan fingerprint density at radius 1 is 1.55 bits per heavy atom. The Morgan fingerprint density at radius 2 is 2.36 bits per heavy atom. The lowest BCUT2D eigenvalue weighted by Crippen LogP contribution is -2.44. The van der Waals surface area contributed by atoms with E-state index < -0.39 is 0 Å². The van der Waals surface area contributed by atoms with Crippen LogP contribution in [0.4, 0.5) is 0 Å². The average molecular weight is 171 g/mol. The first-order valence-electron chi connectivity index (χ1n) is 3.52. The van der Waals surface area contributed by atoms with Gasteiger partial charge in [-0.1, -0.05) is 11.8 Å². The quantitative estimate of drug-likeness (QED) is 0.699. The smallest absolute Gasteiger partial charge is 0.276 e. The first kappa shape index (κ1) is 7.12. The molecule has 1 N–H and O–H groups in total. The molecule has 0 atom stereocenters. The van der Waals surface area contributed by atoms with Crippen LogP contribution in [0.5, 0.6) is 0 Å². The predicted molar refractivity (Wildman–Crippen MR) is 41.5 cm³/mol. The minimum Gasteiger partial charge on any atom is -0.416 e. The molecule has 1 saturated heterocycles. The molecule has 1 aliphatic heterocycles. The van der Waals surface area contributed by atoms with E-state index in [4.69, 9.17) is 4.42 Å². The predicted octanol–water partition coefficient (Wildman–Crippen LogP) is 0.442. The van der Waals surface area contributed by atoms with Crippen molar-refractivity contribution in [2.75, 3.05) is 13.1 Å². The van der Waals surface area contributed by atoms with Crippen LogP contribution in [0.3, 0.4) is 0 Å². The van der Waals surface area contributed by atoms with Gasteiger partial charge in [0.25, 0.3) is 5.22 Å². The summed E-state index contributed by atoms with van der Waals surface area (Å²) in [5, 5.41) is 12.1. The Morgan fingerprint density at radius 3 is 2.82 bits per heavy atom. The van der Waals surface area contributed by atoms with Crippen molar-refractivity contribution in [3.8, 4) is 0 Å². The lowest BCUT2D eigenvalue weighted by Gasteiger charge is -2.24. The van der Waals surface area contributed by atoms with Crippen LogP contribution < -0.4 is 5.32 Å². The molecule has 1 aromatic heterocycles. The highest BCUT2D eigenvalue weighted by molar-refractivity contribution is 7.99. The van der Waals surface area contributed by atoms with Crippen LogP contribution in [0.2, 0.25) is 0 Å². The SMILES string of the molecule is Cc1nnc(SC2CNC2)o1. The maximum atomic E-state index is 5.20. The monoisotopic (exact) mass is 171 g/mol. The van der Waals surface area contributed by atoms with Crippen molar-refractivity contribution in [3.63, 3.8) is 0 Å². The number of nitrogens with one attached hydrogen (secondary N) is 1. The minimum absolute atomic E-state index is 0.620. The van der Waals surface area contributed by atoms with Crippen molar-refractivity contribution in [2.45, 2.75) is 17.4 Å². The lowest BCUT2D eigenvalue weighted by atomic mass is 10.3. The molecule has 60 valence electrons. The lowest BCUT2D eigenvalue weighted by molar-refractivity contribution is 0.425. The Kier molecular flexibility index (Phi) is 1.83. The third-order valence-electron chi connectivity index (χ3n) is 1.52. The average Bonchev–Trinajstić information content (AvgIpc) is 2.27. The summed E-state index contributed by atoms with van der Waals surface area (Å²) in [6, 6.07) is 0. The van der Waals surface area contributed by atoms with Gasteiger partial charge in [0.2, 0.25) is 5.89 Å². The first-order chi connectivity index (χ1) is 5.34. The molecule has 0 radical (unpaired) electrons.